The SMILES string of the molecule is CCC(C1CN(c2ccc(F)cc2)CCN1)N1CCN(Cc2ccccc2)CC1. The molecule has 2 atom stereocenters. The molecule has 29 heavy (non-hydrogen) atoms. The molecule has 0 radical (unpaired) electrons. The number of halogens is 1. The minimum absolute atomic E-state index is 0.166. The van der Waals surface area contributed by atoms with Gasteiger partial charge in [-0.2, -0.15) is 0 Å². The second-order valence-corrected chi connectivity index (χ2v) is 8.26. The molecule has 2 fully saturated rings. The number of nitrogens with one attached hydrogen (secondary N) is 1. The molecular formula is C24H33FN4. The first-order valence-corrected chi connectivity index (χ1v) is 11.0. The van der Waals surface area contributed by atoms with Crippen LogP contribution in [0, 0.1) is 5.82 Å². The van der Waals surface area contributed by atoms with Crippen molar-refractivity contribution in [1.29, 1.82) is 0 Å². The summed E-state index contributed by atoms with van der Waals surface area (Å²) in [4.78, 5) is 7.64. The molecule has 2 aromatic rings. The van der Waals surface area contributed by atoms with E-state index < -0.39 is 0 Å². The van der Waals surface area contributed by atoms with Crippen LogP contribution in [0.4, 0.5) is 10.1 Å². The van der Waals surface area contributed by atoms with Crippen LogP contribution in [0.25, 0.3) is 0 Å². The zero-order valence-corrected chi connectivity index (χ0v) is 17.4. The Bertz CT molecular complexity index is 743. The van der Waals surface area contributed by atoms with Crippen molar-refractivity contribution >= 4 is 5.69 Å². The number of piperazine rings is 2. The van der Waals surface area contributed by atoms with Gasteiger partial charge in [0.25, 0.3) is 0 Å². The van der Waals surface area contributed by atoms with Crippen molar-refractivity contribution < 1.29 is 4.39 Å². The monoisotopic (exact) mass is 396 g/mol. The van der Waals surface area contributed by atoms with E-state index in [1.807, 2.05) is 12.1 Å². The van der Waals surface area contributed by atoms with Crippen LogP contribution < -0.4 is 10.2 Å². The average molecular weight is 397 g/mol. The van der Waals surface area contributed by atoms with E-state index in [-0.39, 0.29) is 5.82 Å². The Morgan fingerprint density at radius 1 is 0.966 bits per heavy atom. The van der Waals surface area contributed by atoms with Gasteiger partial charge in [0.15, 0.2) is 0 Å². The van der Waals surface area contributed by atoms with Crippen LogP contribution in [0.3, 0.4) is 0 Å². The molecule has 0 aliphatic carbocycles. The molecular weight excluding hydrogens is 363 g/mol. The molecule has 1 N–H and O–H groups in total. The molecule has 2 heterocycles. The summed E-state index contributed by atoms with van der Waals surface area (Å²) < 4.78 is 13.3. The van der Waals surface area contributed by atoms with Crippen LogP contribution in [0.2, 0.25) is 0 Å². The van der Waals surface area contributed by atoms with E-state index in [1.54, 1.807) is 12.1 Å². The quantitative estimate of drug-likeness (QED) is 0.809. The molecule has 4 nitrogen and oxygen atoms in total. The summed E-state index contributed by atoms with van der Waals surface area (Å²) in [6, 6.07) is 18.7. The lowest BCUT2D eigenvalue weighted by atomic mass is 9.99. The molecule has 0 saturated carbocycles. The summed E-state index contributed by atoms with van der Waals surface area (Å²) in [6.07, 6.45) is 1.15. The van der Waals surface area contributed by atoms with Crippen LogP contribution >= 0.6 is 0 Å². The molecule has 2 unspecified atom stereocenters. The lowest BCUT2D eigenvalue weighted by Crippen LogP contribution is -2.62. The first-order valence-electron chi connectivity index (χ1n) is 11.0. The summed E-state index contributed by atoms with van der Waals surface area (Å²) in [5, 5.41) is 3.76. The molecule has 156 valence electrons. The third-order valence-corrected chi connectivity index (χ3v) is 6.40. The Kier molecular flexibility index (Phi) is 6.80. The maximum absolute atomic E-state index is 13.3. The van der Waals surface area contributed by atoms with E-state index in [2.05, 4.69) is 57.3 Å². The molecule has 2 aliphatic heterocycles. The standard InChI is InChI=1S/C24H33FN4/c1-2-24(23-19-29(13-12-26-23)22-10-8-21(25)9-11-22)28-16-14-27(15-17-28)18-20-6-4-3-5-7-20/h3-11,23-24,26H,2,12-19H2,1H3. The normalized spacial score (nSPS) is 22.6. The minimum Gasteiger partial charge on any atom is -0.369 e. The molecule has 0 amide bonds. The van der Waals surface area contributed by atoms with E-state index in [9.17, 15) is 4.39 Å². The Labute approximate surface area is 174 Å². The van der Waals surface area contributed by atoms with Crippen molar-refractivity contribution in [1.82, 2.24) is 15.1 Å². The van der Waals surface area contributed by atoms with Crippen LogP contribution in [0.15, 0.2) is 54.6 Å². The fourth-order valence-electron chi connectivity index (χ4n) is 4.81. The molecule has 0 bridgehead atoms. The highest BCUT2D eigenvalue weighted by molar-refractivity contribution is 5.47. The van der Waals surface area contributed by atoms with E-state index >= 15 is 0 Å². The van der Waals surface area contributed by atoms with Crippen molar-refractivity contribution in [3.8, 4) is 0 Å². The lowest BCUT2D eigenvalue weighted by Gasteiger charge is -2.45. The van der Waals surface area contributed by atoms with Crippen molar-refractivity contribution in [2.24, 2.45) is 0 Å². The molecule has 2 saturated heterocycles. The topological polar surface area (TPSA) is 21.8 Å². The predicted octanol–water partition coefficient (Wildman–Crippen LogP) is 3.20. The van der Waals surface area contributed by atoms with Crippen molar-refractivity contribution in [3.63, 3.8) is 0 Å². The fraction of sp³-hybridized carbons (Fsp3) is 0.500. The van der Waals surface area contributed by atoms with Crippen LogP contribution in [-0.2, 0) is 6.54 Å². The van der Waals surface area contributed by atoms with E-state index in [4.69, 9.17) is 0 Å². The number of hydrogen-bond acceptors (Lipinski definition) is 4. The molecule has 2 aliphatic rings. The third-order valence-electron chi connectivity index (χ3n) is 6.40. The first-order chi connectivity index (χ1) is 14.2. The van der Waals surface area contributed by atoms with Crippen LogP contribution in [0.1, 0.15) is 18.9 Å². The molecule has 5 heteroatoms. The zero-order valence-electron chi connectivity index (χ0n) is 17.4. The third kappa shape index (κ3) is 5.16. The zero-order chi connectivity index (χ0) is 20.1. The largest absolute Gasteiger partial charge is 0.369 e. The maximum atomic E-state index is 13.3. The van der Waals surface area contributed by atoms with E-state index in [0.717, 1.165) is 64.5 Å². The Morgan fingerprint density at radius 2 is 1.69 bits per heavy atom. The highest BCUT2D eigenvalue weighted by Crippen LogP contribution is 2.21. The Balaban J connectivity index is 1.33. The second-order valence-electron chi connectivity index (χ2n) is 8.26. The highest BCUT2D eigenvalue weighted by Gasteiger charge is 2.32. The molecule has 0 spiro atoms. The summed E-state index contributed by atoms with van der Waals surface area (Å²) in [5.74, 6) is -0.166. The van der Waals surface area contributed by atoms with Gasteiger partial charge in [-0.25, -0.2) is 4.39 Å². The van der Waals surface area contributed by atoms with Gasteiger partial charge in [-0.1, -0.05) is 37.3 Å². The second kappa shape index (κ2) is 9.70. The van der Waals surface area contributed by atoms with Gasteiger partial charge in [-0.3, -0.25) is 9.80 Å². The summed E-state index contributed by atoms with van der Waals surface area (Å²) in [5.41, 5.74) is 2.53. The first kappa shape index (κ1) is 20.3. The van der Waals surface area contributed by atoms with Gasteiger partial charge >= 0.3 is 0 Å². The number of nitrogens with zero attached hydrogens (tertiary/aromatic N) is 3. The summed E-state index contributed by atoms with van der Waals surface area (Å²) >= 11 is 0. The number of rotatable bonds is 6. The smallest absolute Gasteiger partial charge is 0.123 e. The number of anilines is 1. The van der Waals surface area contributed by atoms with Crippen molar-refractivity contribution in [3.05, 3.63) is 66.0 Å². The predicted molar refractivity (Wildman–Crippen MR) is 118 cm³/mol. The Hall–Kier alpha value is -1.95. The van der Waals surface area contributed by atoms with Gasteiger partial charge in [0.05, 0.1) is 0 Å². The summed E-state index contributed by atoms with van der Waals surface area (Å²) in [6.45, 7) is 10.8. The minimum atomic E-state index is -0.166. The number of benzene rings is 2. The van der Waals surface area contributed by atoms with Gasteiger partial charge in [-0.15, -0.1) is 0 Å². The van der Waals surface area contributed by atoms with E-state index in [1.165, 1.54) is 5.56 Å². The van der Waals surface area contributed by atoms with E-state index in [0.29, 0.717) is 12.1 Å². The maximum Gasteiger partial charge on any atom is 0.123 e. The van der Waals surface area contributed by atoms with Gasteiger partial charge in [-0.05, 0) is 36.2 Å². The van der Waals surface area contributed by atoms with Gasteiger partial charge in [0.1, 0.15) is 5.82 Å². The van der Waals surface area contributed by atoms with Crippen molar-refractivity contribution in [2.45, 2.75) is 32.0 Å². The molecule has 0 aromatic heterocycles. The van der Waals surface area contributed by atoms with Gasteiger partial charge < -0.3 is 10.2 Å². The highest BCUT2D eigenvalue weighted by atomic mass is 19.1. The molecule has 2 aromatic carbocycles. The van der Waals surface area contributed by atoms with Gasteiger partial charge in [0.2, 0.25) is 0 Å². The van der Waals surface area contributed by atoms with Crippen molar-refractivity contribution in [2.75, 3.05) is 50.7 Å². The lowest BCUT2D eigenvalue weighted by molar-refractivity contribution is 0.0716. The van der Waals surface area contributed by atoms with Gasteiger partial charge in [0, 0.05) is 70.1 Å². The molecule has 4 rings (SSSR count). The number of hydrogen-bond donors (Lipinski definition) is 1. The Morgan fingerprint density at radius 3 is 2.38 bits per heavy atom. The van der Waals surface area contributed by atoms with Crippen LogP contribution in [0.5, 0.6) is 0 Å². The fourth-order valence-corrected chi connectivity index (χ4v) is 4.81. The average Bonchev–Trinajstić information content (AvgIpc) is 2.77. The van der Waals surface area contributed by atoms with Crippen LogP contribution in [-0.4, -0.2) is 67.7 Å². The summed E-state index contributed by atoms with van der Waals surface area (Å²) in [7, 11) is 0.